The molecule has 0 unspecified atom stereocenters. The third kappa shape index (κ3) is 4.35. The lowest BCUT2D eigenvalue weighted by molar-refractivity contribution is -0.380. The van der Waals surface area contributed by atoms with E-state index in [1.807, 2.05) is 0 Å². The zero-order valence-electron chi connectivity index (χ0n) is 10.4. The molecule has 5 nitrogen and oxygen atoms in total. The van der Waals surface area contributed by atoms with Crippen LogP contribution >= 0.6 is 11.3 Å². The van der Waals surface area contributed by atoms with Crippen LogP contribution < -0.4 is 10.1 Å². The van der Waals surface area contributed by atoms with Crippen LogP contribution in [0.4, 0.5) is 23.9 Å². The van der Waals surface area contributed by atoms with Gasteiger partial charge in [0.05, 0.1) is 10.6 Å². The van der Waals surface area contributed by atoms with Gasteiger partial charge in [0.2, 0.25) is 0 Å². The van der Waals surface area contributed by atoms with Gasteiger partial charge in [-0.25, -0.2) is 0 Å². The summed E-state index contributed by atoms with van der Waals surface area (Å²) in [6, 6.07) is 8.49. The predicted octanol–water partition coefficient (Wildman–Crippen LogP) is 4.17. The van der Waals surface area contributed by atoms with Crippen molar-refractivity contribution in [3.63, 3.8) is 0 Å². The minimum atomic E-state index is -4.78. The molecule has 0 radical (unpaired) electrons. The second-order valence-electron chi connectivity index (χ2n) is 3.89. The summed E-state index contributed by atoms with van der Waals surface area (Å²) in [6.45, 7) is 0.163. The molecule has 0 spiro atoms. The third-order valence-electron chi connectivity index (χ3n) is 2.39. The molecule has 1 aromatic heterocycles. The molecular formula is C12H9F3N2O3S. The van der Waals surface area contributed by atoms with Crippen LogP contribution in [0.1, 0.15) is 4.88 Å². The van der Waals surface area contributed by atoms with E-state index in [1.165, 1.54) is 24.3 Å². The van der Waals surface area contributed by atoms with E-state index in [0.717, 1.165) is 11.3 Å². The van der Waals surface area contributed by atoms with Gasteiger partial charge in [-0.2, -0.15) is 0 Å². The van der Waals surface area contributed by atoms with Crippen LogP contribution in [0.25, 0.3) is 0 Å². The number of nitrogens with zero attached hydrogens (tertiary/aromatic N) is 1. The highest BCUT2D eigenvalue weighted by molar-refractivity contribution is 7.15. The van der Waals surface area contributed by atoms with Crippen LogP contribution in [-0.4, -0.2) is 11.3 Å². The molecule has 2 aromatic rings. The Bertz CT molecular complexity index is 643. The fourth-order valence-corrected chi connectivity index (χ4v) is 2.33. The third-order valence-corrected chi connectivity index (χ3v) is 3.43. The lowest BCUT2D eigenvalue weighted by Crippen LogP contribution is -2.18. The second kappa shape index (κ2) is 6.00. The van der Waals surface area contributed by atoms with Gasteiger partial charge >= 0.3 is 11.4 Å². The standard InChI is InChI=1S/C12H9F3N2O3S/c13-12(14,15)20-10-4-2-1-3-9(10)16-7-8-5-6-11(21-8)17(18)19/h1-6,16H,7H2. The Morgan fingerprint density at radius 1 is 1.24 bits per heavy atom. The normalized spacial score (nSPS) is 11.2. The number of hydrogen-bond acceptors (Lipinski definition) is 5. The Labute approximate surface area is 121 Å². The number of nitro groups is 1. The number of thiophene rings is 1. The predicted molar refractivity (Wildman–Crippen MR) is 71.4 cm³/mol. The minimum Gasteiger partial charge on any atom is -0.404 e. The number of halogens is 3. The highest BCUT2D eigenvalue weighted by atomic mass is 32.1. The topological polar surface area (TPSA) is 64.4 Å². The van der Waals surface area contributed by atoms with Gasteiger partial charge in [-0.15, -0.1) is 13.2 Å². The van der Waals surface area contributed by atoms with Crippen molar-refractivity contribution in [1.82, 2.24) is 0 Å². The van der Waals surface area contributed by atoms with Crippen molar-refractivity contribution in [2.75, 3.05) is 5.32 Å². The van der Waals surface area contributed by atoms with E-state index in [1.54, 1.807) is 12.1 Å². The van der Waals surface area contributed by atoms with E-state index in [4.69, 9.17) is 0 Å². The Balaban J connectivity index is 2.07. The van der Waals surface area contributed by atoms with Crippen molar-refractivity contribution in [3.05, 3.63) is 51.4 Å². The first-order chi connectivity index (χ1) is 9.85. The van der Waals surface area contributed by atoms with Gasteiger partial charge in [0.1, 0.15) is 0 Å². The molecular weight excluding hydrogens is 309 g/mol. The monoisotopic (exact) mass is 318 g/mol. The Morgan fingerprint density at radius 2 is 1.95 bits per heavy atom. The van der Waals surface area contributed by atoms with E-state index >= 15 is 0 Å². The van der Waals surface area contributed by atoms with E-state index in [0.29, 0.717) is 4.88 Å². The number of nitrogens with one attached hydrogen (secondary N) is 1. The number of alkyl halides is 3. The van der Waals surface area contributed by atoms with E-state index in [9.17, 15) is 23.3 Å². The molecule has 1 N–H and O–H groups in total. The number of hydrogen-bond donors (Lipinski definition) is 1. The van der Waals surface area contributed by atoms with Gasteiger partial charge in [0.25, 0.3) is 0 Å². The van der Waals surface area contributed by atoms with Gasteiger partial charge in [0.15, 0.2) is 5.75 Å². The Hall–Kier alpha value is -2.29. The lowest BCUT2D eigenvalue weighted by atomic mass is 10.3. The molecule has 0 atom stereocenters. The molecule has 0 amide bonds. The zero-order valence-corrected chi connectivity index (χ0v) is 11.2. The van der Waals surface area contributed by atoms with E-state index in [2.05, 4.69) is 10.1 Å². The number of ether oxygens (including phenoxy) is 1. The van der Waals surface area contributed by atoms with Crippen molar-refractivity contribution in [2.45, 2.75) is 12.9 Å². The smallest absolute Gasteiger partial charge is 0.404 e. The molecule has 0 saturated carbocycles. The zero-order chi connectivity index (χ0) is 15.5. The van der Waals surface area contributed by atoms with Crippen LogP contribution in [0.5, 0.6) is 5.75 Å². The first-order valence-corrected chi connectivity index (χ1v) is 6.48. The highest BCUT2D eigenvalue weighted by Gasteiger charge is 2.32. The highest BCUT2D eigenvalue weighted by Crippen LogP contribution is 2.31. The molecule has 0 aliphatic carbocycles. The Kier molecular flexibility index (Phi) is 4.32. The average Bonchev–Trinajstić information content (AvgIpc) is 2.85. The molecule has 0 aliphatic rings. The first-order valence-electron chi connectivity index (χ1n) is 5.67. The number of para-hydroxylation sites is 2. The van der Waals surface area contributed by atoms with Crippen LogP contribution in [0.15, 0.2) is 36.4 Å². The Morgan fingerprint density at radius 3 is 2.57 bits per heavy atom. The first kappa shape index (κ1) is 15.1. The van der Waals surface area contributed by atoms with Crippen LogP contribution in [0, 0.1) is 10.1 Å². The number of anilines is 1. The molecule has 2 rings (SSSR count). The fraction of sp³-hybridized carbons (Fsp3) is 0.167. The summed E-state index contributed by atoms with van der Waals surface area (Å²) < 4.78 is 40.7. The fourth-order valence-electron chi connectivity index (χ4n) is 1.57. The van der Waals surface area contributed by atoms with Gasteiger partial charge in [-0.3, -0.25) is 10.1 Å². The summed E-state index contributed by atoms with van der Waals surface area (Å²) in [7, 11) is 0. The number of rotatable bonds is 5. The van der Waals surface area contributed by atoms with Crippen molar-refractivity contribution < 1.29 is 22.8 Å². The van der Waals surface area contributed by atoms with Crippen LogP contribution in [0.3, 0.4) is 0 Å². The summed E-state index contributed by atoms with van der Waals surface area (Å²) >= 11 is 0.955. The molecule has 21 heavy (non-hydrogen) atoms. The molecule has 1 heterocycles. The molecule has 1 aromatic carbocycles. The van der Waals surface area contributed by atoms with Gasteiger partial charge in [0, 0.05) is 17.5 Å². The quantitative estimate of drug-likeness (QED) is 0.664. The maximum absolute atomic E-state index is 12.3. The van der Waals surface area contributed by atoms with Gasteiger partial charge in [-0.1, -0.05) is 23.5 Å². The second-order valence-corrected chi connectivity index (χ2v) is 5.04. The SMILES string of the molecule is O=[N+]([O-])c1ccc(CNc2ccccc2OC(F)(F)F)s1. The van der Waals surface area contributed by atoms with Gasteiger partial charge < -0.3 is 10.1 Å². The number of benzene rings is 1. The lowest BCUT2D eigenvalue weighted by Gasteiger charge is -2.13. The van der Waals surface area contributed by atoms with Crippen molar-refractivity contribution in [2.24, 2.45) is 0 Å². The minimum absolute atomic E-state index is 0.0216. The van der Waals surface area contributed by atoms with Crippen molar-refractivity contribution in [3.8, 4) is 5.75 Å². The van der Waals surface area contributed by atoms with Crippen molar-refractivity contribution in [1.29, 1.82) is 0 Å². The summed E-state index contributed by atoms with van der Waals surface area (Å²) in [5.41, 5.74) is 0.158. The summed E-state index contributed by atoms with van der Waals surface area (Å²) in [5, 5.41) is 13.3. The largest absolute Gasteiger partial charge is 0.573 e. The molecule has 9 heteroatoms. The summed E-state index contributed by atoms with van der Waals surface area (Å²) in [6.07, 6.45) is -4.78. The maximum Gasteiger partial charge on any atom is 0.573 e. The molecule has 0 fully saturated rings. The average molecular weight is 318 g/mol. The van der Waals surface area contributed by atoms with Crippen LogP contribution in [-0.2, 0) is 6.54 Å². The van der Waals surface area contributed by atoms with E-state index < -0.39 is 11.3 Å². The summed E-state index contributed by atoms with van der Waals surface area (Å²) in [5.74, 6) is -0.351. The van der Waals surface area contributed by atoms with E-state index in [-0.39, 0.29) is 23.0 Å². The van der Waals surface area contributed by atoms with Gasteiger partial charge in [-0.05, 0) is 18.2 Å². The molecule has 0 saturated heterocycles. The summed E-state index contributed by atoms with van der Waals surface area (Å²) in [4.78, 5) is 10.7. The molecule has 0 bridgehead atoms. The van der Waals surface area contributed by atoms with Crippen molar-refractivity contribution >= 4 is 22.0 Å². The van der Waals surface area contributed by atoms with Crippen LogP contribution in [0.2, 0.25) is 0 Å². The maximum atomic E-state index is 12.3. The molecule has 0 aliphatic heterocycles. The molecule has 112 valence electrons.